The molecule has 0 bridgehead atoms. The van der Waals surface area contributed by atoms with Crippen molar-refractivity contribution in [3.05, 3.63) is 30.6 Å². The Balaban J connectivity index is 1.70. The van der Waals surface area contributed by atoms with Crippen LogP contribution in [-0.4, -0.2) is 31.6 Å². The molecule has 0 amide bonds. The van der Waals surface area contributed by atoms with Gasteiger partial charge in [0.25, 0.3) is 0 Å². The van der Waals surface area contributed by atoms with E-state index < -0.39 is 0 Å². The number of hydrogen-bond acceptors (Lipinski definition) is 7. The number of imidazole rings is 1. The summed E-state index contributed by atoms with van der Waals surface area (Å²) < 4.78 is 2.01. The van der Waals surface area contributed by atoms with Crippen LogP contribution in [0.5, 0.6) is 0 Å². The first kappa shape index (κ1) is 17.5. The van der Waals surface area contributed by atoms with E-state index in [1.54, 1.807) is 6.33 Å². The Hall–Kier alpha value is -2.87. The predicted molar refractivity (Wildman–Crippen MR) is 109 cm³/mol. The van der Waals surface area contributed by atoms with Gasteiger partial charge in [0.15, 0.2) is 17.0 Å². The molecular weight excluding hydrogens is 340 g/mol. The quantitative estimate of drug-likeness (QED) is 0.512. The van der Waals surface area contributed by atoms with Gasteiger partial charge in [-0.1, -0.05) is 12.8 Å². The normalized spacial score (nSPS) is 19.9. The first-order valence-corrected chi connectivity index (χ1v) is 9.51. The second kappa shape index (κ2) is 7.40. The SMILES string of the molecule is CCn1cnc2c(Nc3ccc(N)cc3)nc(NC3CCCCC3N)nc21. The van der Waals surface area contributed by atoms with Gasteiger partial charge in [-0.05, 0) is 44.0 Å². The van der Waals surface area contributed by atoms with Crippen LogP contribution in [-0.2, 0) is 6.54 Å². The van der Waals surface area contributed by atoms with Crippen LogP contribution in [0.4, 0.5) is 23.1 Å². The van der Waals surface area contributed by atoms with Crippen molar-refractivity contribution in [2.75, 3.05) is 16.4 Å². The van der Waals surface area contributed by atoms with Gasteiger partial charge < -0.3 is 26.7 Å². The van der Waals surface area contributed by atoms with Gasteiger partial charge in [0.2, 0.25) is 5.95 Å². The second-order valence-corrected chi connectivity index (χ2v) is 7.04. The number of aromatic nitrogens is 4. The summed E-state index contributed by atoms with van der Waals surface area (Å²) >= 11 is 0. The number of nitrogen functional groups attached to an aromatic ring is 1. The maximum absolute atomic E-state index is 6.29. The van der Waals surface area contributed by atoms with Gasteiger partial charge in [-0.15, -0.1) is 0 Å². The average molecular weight is 366 g/mol. The first-order chi connectivity index (χ1) is 13.1. The van der Waals surface area contributed by atoms with Crippen LogP contribution in [0.2, 0.25) is 0 Å². The number of anilines is 4. The fourth-order valence-electron chi connectivity index (χ4n) is 3.54. The van der Waals surface area contributed by atoms with Crippen LogP contribution in [0.1, 0.15) is 32.6 Å². The fraction of sp³-hybridized carbons (Fsp3) is 0.421. The number of hydrogen-bond donors (Lipinski definition) is 4. The Morgan fingerprint density at radius 3 is 2.67 bits per heavy atom. The van der Waals surface area contributed by atoms with Crippen molar-refractivity contribution >= 4 is 34.3 Å². The number of aryl methyl sites for hydroxylation is 1. The summed E-state index contributed by atoms with van der Waals surface area (Å²) in [6.45, 7) is 2.86. The molecule has 0 aliphatic heterocycles. The van der Waals surface area contributed by atoms with Crippen molar-refractivity contribution < 1.29 is 0 Å². The molecular formula is C19H26N8. The molecule has 2 unspecified atom stereocenters. The summed E-state index contributed by atoms with van der Waals surface area (Å²) in [5.74, 6) is 1.25. The lowest BCUT2D eigenvalue weighted by Crippen LogP contribution is -2.43. The maximum atomic E-state index is 6.29. The summed E-state index contributed by atoms with van der Waals surface area (Å²) in [6, 6.07) is 7.87. The second-order valence-electron chi connectivity index (χ2n) is 7.04. The highest BCUT2D eigenvalue weighted by Crippen LogP contribution is 2.26. The van der Waals surface area contributed by atoms with Crippen LogP contribution in [0.3, 0.4) is 0 Å². The Bertz CT molecular complexity index is 917. The molecule has 1 aromatic carbocycles. The molecule has 8 heteroatoms. The van der Waals surface area contributed by atoms with Crippen molar-refractivity contribution in [1.82, 2.24) is 19.5 Å². The number of nitrogens with one attached hydrogen (secondary N) is 2. The maximum Gasteiger partial charge on any atom is 0.227 e. The largest absolute Gasteiger partial charge is 0.399 e. The van der Waals surface area contributed by atoms with E-state index >= 15 is 0 Å². The Morgan fingerprint density at radius 2 is 1.93 bits per heavy atom. The van der Waals surface area contributed by atoms with Gasteiger partial charge in [0.1, 0.15) is 0 Å². The van der Waals surface area contributed by atoms with Gasteiger partial charge in [0, 0.05) is 30.0 Å². The summed E-state index contributed by atoms with van der Waals surface area (Å²) in [4.78, 5) is 13.9. The molecule has 0 saturated heterocycles. The number of nitrogens with two attached hydrogens (primary N) is 2. The van der Waals surface area contributed by atoms with Crippen LogP contribution < -0.4 is 22.1 Å². The van der Waals surface area contributed by atoms with Gasteiger partial charge in [0.05, 0.1) is 6.33 Å². The molecule has 1 aliphatic rings. The van der Waals surface area contributed by atoms with E-state index in [1.165, 1.54) is 12.8 Å². The third kappa shape index (κ3) is 3.66. The third-order valence-electron chi connectivity index (χ3n) is 5.11. The Kier molecular flexibility index (Phi) is 4.81. The number of benzene rings is 1. The lowest BCUT2D eigenvalue weighted by atomic mass is 9.91. The van der Waals surface area contributed by atoms with Crippen molar-refractivity contribution in [3.8, 4) is 0 Å². The van der Waals surface area contributed by atoms with Crippen LogP contribution in [0.15, 0.2) is 30.6 Å². The lowest BCUT2D eigenvalue weighted by molar-refractivity contribution is 0.402. The van der Waals surface area contributed by atoms with E-state index in [-0.39, 0.29) is 12.1 Å². The molecule has 2 aromatic heterocycles. The first-order valence-electron chi connectivity index (χ1n) is 9.51. The minimum Gasteiger partial charge on any atom is -0.399 e. The molecule has 27 heavy (non-hydrogen) atoms. The molecule has 8 nitrogen and oxygen atoms in total. The van der Waals surface area contributed by atoms with Crippen molar-refractivity contribution in [2.24, 2.45) is 5.73 Å². The summed E-state index contributed by atoms with van der Waals surface area (Å²) in [7, 11) is 0. The average Bonchev–Trinajstić information content (AvgIpc) is 3.09. The topological polar surface area (TPSA) is 120 Å². The molecule has 4 rings (SSSR count). The number of fused-ring (bicyclic) bond motifs is 1. The molecule has 6 N–H and O–H groups in total. The van der Waals surface area contributed by atoms with Gasteiger partial charge in [-0.25, -0.2) is 4.98 Å². The molecule has 3 aromatic rings. The number of rotatable bonds is 5. The summed E-state index contributed by atoms with van der Waals surface area (Å²) in [6.07, 6.45) is 6.23. The molecule has 2 atom stereocenters. The zero-order chi connectivity index (χ0) is 18.8. The van der Waals surface area contributed by atoms with Gasteiger partial charge in [-0.3, -0.25) is 0 Å². The fourth-order valence-corrected chi connectivity index (χ4v) is 3.54. The zero-order valence-electron chi connectivity index (χ0n) is 15.5. The van der Waals surface area contributed by atoms with Crippen molar-refractivity contribution in [2.45, 2.75) is 51.2 Å². The van der Waals surface area contributed by atoms with E-state index in [0.717, 1.165) is 41.9 Å². The molecule has 1 saturated carbocycles. The highest BCUT2D eigenvalue weighted by Gasteiger charge is 2.23. The van der Waals surface area contributed by atoms with E-state index in [9.17, 15) is 0 Å². The van der Waals surface area contributed by atoms with Crippen molar-refractivity contribution in [1.29, 1.82) is 0 Å². The minimum atomic E-state index is 0.127. The van der Waals surface area contributed by atoms with E-state index in [1.807, 2.05) is 28.8 Å². The monoisotopic (exact) mass is 366 g/mol. The van der Waals surface area contributed by atoms with Crippen LogP contribution in [0.25, 0.3) is 11.2 Å². The van der Waals surface area contributed by atoms with E-state index in [4.69, 9.17) is 21.4 Å². The van der Waals surface area contributed by atoms with E-state index in [0.29, 0.717) is 11.8 Å². The molecule has 0 radical (unpaired) electrons. The Morgan fingerprint density at radius 1 is 1.15 bits per heavy atom. The molecule has 1 fully saturated rings. The molecule has 1 aliphatic carbocycles. The van der Waals surface area contributed by atoms with Crippen molar-refractivity contribution in [3.63, 3.8) is 0 Å². The highest BCUT2D eigenvalue weighted by molar-refractivity contribution is 5.86. The van der Waals surface area contributed by atoms with Gasteiger partial charge >= 0.3 is 0 Å². The summed E-state index contributed by atoms with van der Waals surface area (Å²) in [5.41, 5.74) is 15.2. The zero-order valence-corrected chi connectivity index (χ0v) is 15.5. The smallest absolute Gasteiger partial charge is 0.227 e. The number of nitrogens with zero attached hydrogens (tertiary/aromatic N) is 4. The predicted octanol–water partition coefficient (Wildman–Crippen LogP) is 2.85. The molecule has 2 heterocycles. The third-order valence-corrected chi connectivity index (χ3v) is 5.11. The minimum absolute atomic E-state index is 0.127. The standard InChI is InChI=1S/C19H26N8/c1-2-27-11-22-16-17(23-13-9-7-12(20)8-10-13)25-19(26-18(16)27)24-15-6-4-3-5-14(15)21/h7-11,14-15H,2-6,20-21H2,1H3,(H2,23,24,25,26). The van der Waals surface area contributed by atoms with Crippen LogP contribution in [0, 0.1) is 0 Å². The van der Waals surface area contributed by atoms with Crippen LogP contribution >= 0.6 is 0 Å². The molecule has 0 spiro atoms. The Labute approximate surface area is 158 Å². The van der Waals surface area contributed by atoms with E-state index in [2.05, 4.69) is 22.5 Å². The highest BCUT2D eigenvalue weighted by atomic mass is 15.2. The van der Waals surface area contributed by atoms with Gasteiger partial charge in [-0.2, -0.15) is 9.97 Å². The lowest BCUT2D eigenvalue weighted by Gasteiger charge is -2.29. The molecule has 142 valence electrons. The summed E-state index contributed by atoms with van der Waals surface area (Å²) in [5, 5.41) is 6.80.